The lowest BCUT2D eigenvalue weighted by Gasteiger charge is -2.32. The molecule has 0 spiro atoms. The maximum atomic E-state index is 13.8. The van der Waals surface area contributed by atoms with Crippen LogP contribution in [0.2, 0.25) is 10.0 Å². The Labute approximate surface area is 239 Å². The van der Waals surface area contributed by atoms with E-state index in [-0.39, 0.29) is 55.0 Å². The lowest BCUT2D eigenvalue weighted by Crippen LogP contribution is -2.51. The molecule has 0 aromatic heterocycles. The first-order chi connectivity index (χ1) is 18.8. The molecular weight excluding hydrogens is 537 g/mol. The Bertz CT molecular complexity index is 1220. The molecule has 1 fully saturated rings. The van der Waals surface area contributed by atoms with Gasteiger partial charge in [-0.25, -0.2) is 0 Å². The summed E-state index contributed by atoms with van der Waals surface area (Å²) >= 11 is 12.6. The summed E-state index contributed by atoms with van der Waals surface area (Å²) in [6, 6.07) is 13.7. The summed E-state index contributed by atoms with van der Waals surface area (Å²) in [7, 11) is 0. The summed E-state index contributed by atoms with van der Waals surface area (Å²) in [5.41, 5.74) is 1.54. The van der Waals surface area contributed by atoms with Crippen LogP contribution >= 0.6 is 23.2 Å². The van der Waals surface area contributed by atoms with Crippen LogP contribution in [-0.4, -0.2) is 52.6 Å². The van der Waals surface area contributed by atoms with Crippen LogP contribution in [-0.2, 0) is 32.1 Å². The van der Waals surface area contributed by atoms with Gasteiger partial charge in [0.25, 0.3) is 0 Å². The maximum absolute atomic E-state index is 13.8. The number of likely N-dealkylation sites (tertiary alicyclic amines) is 1. The minimum Gasteiger partial charge on any atom is -0.354 e. The number of allylic oxidation sites excluding steroid dienone is 2. The number of hydrogen-bond donors (Lipinski definition) is 1. The molecule has 4 rings (SSSR count). The molecule has 39 heavy (non-hydrogen) atoms. The van der Waals surface area contributed by atoms with Gasteiger partial charge in [-0.15, -0.1) is 0 Å². The van der Waals surface area contributed by atoms with Gasteiger partial charge < -0.3 is 10.2 Å². The zero-order valence-electron chi connectivity index (χ0n) is 21.9. The first-order valence-electron chi connectivity index (χ1n) is 13.3. The molecule has 2 aliphatic rings. The number of carbonyl (C=O) groups excluding carboxylic acids is 4. The van der Waals surface area contributed by atoms with Crippen LogP contribution < -0.4 is 5.32 Å². The van der Waals surface area contributed by atoms with Crippen LogP contribution in [0.3, 0.4) is 0 Å². The van der Waals surface area contributed by atoms with Crippen molar-refractivity contribution in [3.8, 4) is 0 Å². The van der Waals surface area contributed by atoms with Crippen LogP contribution in [0, 0.1) is 11.8 Å². The van der Waals surface area contributed by atoms with E-state index in [0.29, 0.717) is 41.4 Å². The second-order valence-corrected chi connectivity index (χ2v) is 10.8. The minimum atomic E-state index is -0.824. The normalized spacial score (nSPS) is 19.1. The zero-order chi connectivity index (χ0) is 27.9. The molecule has 9 heteroatoms. The van der Waals surface area contributed by atoms with E-state index in [4.69, 9.17) is 23.2 Å². The van der Waals surface area contributed by atoms with Crippen molar-refractivity contribution in [3.63, 3.8) is 0 Å². The molecule has 1 aliphatic heterocycles. The molecule has 1 N–H and O–H groups in total. The molecule has 7 nitrogen and oxygen atoms in total. The number of carbonyl (C=O) groups is 4. The van der Waals surface area contributed by atoms with E-state index in [2.05, 4.69) is 5.32 Å². The van der Waals surface area contributed by atoms with E-state index >= 15 is 0 Å². The van der Waals surface area contributed by atoms with Gasteiger partial charge in [0.05, 0.1) is 11.8 Å². The second kappa shape index (κ2) is 13.3. The first kappa shape index (κ1) is 28.8. The number of rotatable bonds is 11. The molecule has 3 atom stereocenters. The molecule has 4 amide bonds. The van der Waals surface area contributed by atoms with Gasteiger partial charge in [-0.1, -0.05) is 78.7 Å². The van der Waals surface area contributed by atoms with E-state index in [1.54, 1.807) is 18.2 Å². The summed E-state index contributed by atoms with van der Waals surface area (Å²) < 4.78 is 0. The van der Waals surface area contributed by atoms with Gasteiger partial charge in [-0.2, -0.15) is 0 Å². The number of hydrogen-bond acceptors (Lipinski definition) is 4. The summed E-state index contributed by atoms with van der Waals surface area (Å²) in [5.74, 6) is -1.78. The van der Waals surface area contributed by atoms with E-state index < -0.39 is 6.04 Å². The maximum Gasteiger partial charge on any atom is 0.243 e. The molecule has 0 saturated carbocycles. The van der Waals surface area contributed by atoms with Crippen molar-refractivity contribution < 1.29 is 19.2 Å². The number of halogens is 2. The van der Waals surface area contributed by atoms with Gasteiger partial charge in [0.1, 0.15) is 6.04 Å². The number of benzene rings is 2. The van der Waals surface area contributed by atoms with Gasteiger partial charge in [0, 0.05) is 42.5 Å². The lowest BCUT2D eigenvalue weighted by molar-refractivity contribution is -0.144. The summed E-state index contributed by atoms with van der Waals surface area (Å²) in [6.07, 6.45) is 5.89. The predicted octanol–water partition coefficient (Wildman–Crippen LogP) is 4.80. The van der Waals surface area contributed by atoms with E-state index in [1.807, 2.05) is 49.4 Å². The number of amides is 4. The molecule has 0 radical (unpaired) electrons. The minimum absolute atomic E-state index is 0.0248. The van der Waals surface area contributed by atoms with E-state index in [0.717, 1.165) is 12.0 Å². The van der Waals surface area contributed by atoms with Crippen LogP contribution in [0.4, 0.5) is 0 Å². The van der Waals surface area contributed by atoms with Crippen molar-refractivity contribution in [2.24, 2.45) is 11.8 Å². The fraction of sp³-hybridized carbons (Fsp3) is 0.400. The third kappa shape index (κ3) is 6.89. The van der Waals surface area contributed by atoms with Crippen molar-refractivity contribution in [1.29, 1.82) is 0 Å². The second-order valence-electron chi connectivity index (χ2n) is 9.99. The Morgan fingerprint density at radius 2 is 1.69 bits per heavy atom. The molecule has 1 heterocycles. The quantitative estimate of drug-likeness (QED) is 0.311. The Hall–Kier alpha value is -3.16. The lowest BCUT2D eigenvalue weighted by atomic mass is 9.85. The van der Waals surface area contributed by atoms with Crippen LogP contribution in [0.1, 0.15) is 43.7 Å². The number of nitrogens with zero attached hydrogens (tertiary/aromatic N) is 2. The number of nitrogens with one attached hydrogen (secondary N) is 1. The topological polar surface area (TPSA) is 86.8 Å². The van der Waals surface area contributed by atoms with Crippen molar-refractivity contribution in [2.75, 3.05) is 13.1 Å². The predicted molar refractivity (Wildman–Crippen MR) is 151 cm³/mol. The Balaban J connectivity index is 1.60. The fourth-order valence-electron chi connectivity index (χ4n) is 5.19. The average Bonchev–Trinajstić information content (AvgIpc) is 3.18. The molecule has 2 aromatic carbocycles. The van der Waals surface area contributed by atoms with Crippen molar-refractivity contribution in [1.82, 2.24) is 15.1 Å². The molecule has 0 bridgehead atoms. The fourth-order valence-corrected chi connectivity index (χ4v) is 5.66. The third-order valence-electron chi connectivity index (χ3n) is 7.32. The van der Waals surface area contributed by atoms with Gasteiger partial charge in [-0.05, 0) is 42.5 Å². The zero-order valence-corrected chi connectivity index (χ0v) is 23.5. The third-order valence-corrected chi connectivity index (χ3v) is 7.91. The molecule has 1 aliphatic carbocycles. The van der Waals surface area contributed by atoms with Gasteiger partial charge in [0.15, 0.2) is 0 Å². The first-order valence-corrected chi connectivity index (χ1v) is 14.1. The smallest absolute Gasteiger partial charge is 0.243 e. The summed E-state index contributed by atoms with van der Waals surface area (Å²) in [5, 5.41) is 3.78. The monoisotopic (exact) mass is 569 g/mol. The molecule has 206 valence electrons. The summed E-state index contributed by atoms with van der Waals surface area (Å²) in [6.45, 7) is 2.48. The summed E-state index contributed by atoms with van der Waals surface area (Å²) in [4.78, 5) is 55.9. The average molecular weight is 571 g/mol. The highest BCUT2D eigenvalue weighted by Crippen LogP contribution is 2.35. The number of fused-ring (bicyclic) bond motifs is 1. The van der Waals surface area contributed by atoms with Crippen molar-refractivity contribution in [2.45, 2.75) is 51.6 Å². The van der Waals surface area contributed by atoms with Crippen molar-refractivity contribution >= 4 is 46.8 Å². The van der Waals surface area contributed by atoms with E-state index in [1.165, 1.54) is 9.80 Å². The largest absolute Gasteiger partial charge is 0.354 e. The highest BCUT2D eigenvalue weighted by molar-refractivity contribution is 6.35. The standard InChI is InChI=1S/C30H33Cl2N3O4/c1-2-15-33-28(37)26(17-20-8-4-3-5-9-20)35(19-21-12-13-22(31)18-25(21)32)27(36)14-16-34-29(38)23-10-6-7-11-24(23)30(34)39/h3-9,12-13,18,23-24,26H,2,10-11,14-17,19H2,1H3,(H,33,37)/t23-,24+,26-/m1/s1. The molecular formula is C30H33Cl2N3O4. The Morgan fingerprint density at radius 1 is 1.03 bits per heavy atom. The number of imide groups is 1. The van der Waals surface area contributed by atoms with Gasteiger partial charge in [0.2, 0.25) is 23.6 Å². The molecule has 2 aromatic rings. The van der Waals surface area contributed by atoms with Crippen LogP contribution in [0.5, 0.6) is 0 Å². The SMILES string of the molecule is CCCNC(=O)[C@@H](Cc1ccccc1)N(Cc1ccc(Cl)cc1Cl)C(=O)CCN1C(=O)[C@H]2CC=CC[C@H]2C1=O. The van der Waals surface area contributed by atoms with Gasteiger partial charge in [-0.3, -0.25) is 24.1 Å². The highest BCUT2D eigenvalue weighted by atomic mass is 35.5. The van der Waals surface area contributed by atoms with Crippen LogP contribution in [0.15, 0.2) is 60.7 Å². The highest BCUT2D eigenvalue weighted by Gasteiger charge is 2.47. The molecule has 0 unspecified atom stereocenters. The van der Waals surface area contributed by atoms with E-state index in [9.17, 15) is 19.2 Å². The Kier molecular flexibility index (Phi) is 9.81. The van der Waals surface area contributed by atoms with Crippen molar-refractivity contribution in [3.05, 3.63) is 81.9 Å². The van der Waals surface area contributed by atoms with Gasteiger partial charge >= 0.3 is 0 Å². The Morgan fingerprint density at radius 3 is 2.31 bits per heavy atom. The molecule has 1 saturated heterocycles. The van der Waals surface area contributed by atoms with Crippen LogP contribution in [0.25, 0.3) is 0 Å².